The molecule has 0 fully saturated rings. The van der Waals surface area contributed by atoms with Gasteiger partial charge in [-0.25, -0.2) is 0 Å². The molecule has 0 aliphatic carbocycles. The normalized spacial score (nSPS) is 13.9. The Kier molecular flexibility index (Phi) is 6.63. The highest BCUT2D eigenvalue weighted by Gasteiger charge is 1.96. The lowest BCUT2D eigenvalue weighted by Crippen LogP contribution is -2.13. The first kappa shape index (κ1) is 11.0. The third kappa shape index (κ3) is 9.96. The van der Waals surface area contributed by atoms with E-state index in [1.54, 1.807) is 0 Å². The molecule has 0 aromatic rings. The van der Waals surface area contributed by atoms with Gasteiger partial charge in [-0.3, -0.25) is 0 Å². The van der Waals surface area contributed by atoms with Crippen LogP contribution < -0.4 is 5.73 Å². The second kappa shape index (κ2) is 6.66. The van der Waals surface area contributed by atoms with Gasteiger partial charge >= 0.3 is 0 Å². The fourth-order valence-corrected chi connectivity index (χ4v) is 1.20. The third-order valence-electron chi connectivity index (χ3n) is 1.94. The molecule has 0 rings (SSSR count). The Hall–Kier alpha value is -0.0400. The lowest BCUT2D eigenvalue weighted by Gasteiger charge is -2.05. The molecule has 0 saturated carbocycles. The van der Waals surface area contributed by atoms with Crippen molar-refractivity contribution in [1.29, 1.82) is 0 Å². The van der Waals surface area contributed by atoms with Crippen molar-refractivity contribution in [3.8, 4) is 0 Å². The average Bonchev–Trinajstić information content (AvgIpc) is 1.85. The molecular weight excluding hydrogens is 134 g/mol. The molecule has 0 radical (unpaired) electrons. The minimum Gasteiger partial charge on any atom is -0.328 e. The average molecular weight is 157 g/mol. The molecule has 1 nitrogen and oxygen atoms in total. The van der Waals surface area contributed by atoms with Gasteiger partial charge in [-0.1, -0.05) is 39.5 Å². The number of hydrogen-bond donors (Lipinski definition) is 1. The minimum atomic E-state index is 0.397. The van der Waals surface area contributed by atoms with Crippen molar-refractivity contribution in [1.82, 2.24) is 0 Å². The summed E-state index contributed by atoms with van der Waals surface area (Å²) in [5.41, 5.74) is 5.63. The van der Waals surface area contributed by atoms with Crippen molar-refractivity contribution >= 4 is 0 Å². The summed E-state index contributed by atoms with van der Waals surface area (Å²) in [6.07, 6.45) is 6.62. The van der Waals surface area contributed by atoms with Crippen LogP contribution in [-0.4, -0.2) is 6.04 Å². The first-order valence-electron chi connectivity index (χ1n) is 4.88. The summed E-state index contributed by atoms with van der Waals surface area (Å²) in [7, 11) is 0. The maximum Gasteiger partial charge on any atom is 0.00104 e. The van der Waals surface area contributed by atoms with Crippen LogP contribution in [0, 0.1) is 5.92 Å². The van der Waals surface area contributed by atoms with Gasteiger partial charge in [0.05, 0.1) is 0 Å². The predicted molar refractivity (Wildman–Crippen MR) is 51.6 cm³/mol. The molecule has 11 heavy (non-hydrogen) atoms. The smallest absolute Gasteiger partial charge is 0.00104 e. The predicted octanol–water partition coefficient (Wildman–Crippen LogP) is 2.94. The van der Waals surface area contributed by atoms with Crippen LogP contribution in [-0.2, 0) is 0 Å². The standard InChI is InChI=1S/C10H23N/c1-9(2)7-5-4-6-8-10(3)11/h9-10H,4-8,11H2,1-3H3/t10-/m1/s1. The zero-order chi connectivity index (χ0) is 8.69. The summed E-state index contributed by atoms with van der Waals surface area (Å²) in [5, 5.41) is 0. The number of hydrogen-bond acceptors (Lipinski definition) is 1. The van der Waals surface area contributed by atoms with Crippen molar-refractivity contribution < 1.29 is 0 Å². The van der Waals surface area contributed by atoms with E-state index in [9.17, 15) is 0 Å². The summed E-state index contributed by atoms with van der Waals surface area (Å²) >= 11 is 0. The third-order valence-corrected chi connectivity index (χ3v) is 1.94. The van der Waals surface area contributed by atoms with Gasteiger partial charge in [0, 0.05) is 6.04 Å². The maximum atomic E-state index is 5.63. The molecule has 0 aromatic carbocycles. The van der Waals surface area contributed by atoms with E-state index >= 15 is 0 Å². The Labute approximate surface area is 71.4 Å². The fraction of sp³-hybridized carbons (Fsp3) is 1.00. The topological polar surface area (TPSA) is 26.0 Å². The molecule has 0 aliphatic rings. The van der Waals surface area contributed by atoms with Gasteiger partial charge < -0.3 is 5.73 Å². The molecule has 1 atom stereocenters. The first-order valence-corrected chi connectivity index (χ1v) is 4.88. The lowest BCUT2D eigenvalue weighted by atomic mass is 10.0. The van der Waals surface area contributed by atoms with Gasteiger partial charge in [0.2, 0.25) is 0 Å². The van der Waals surface area contributed by atoms with E-state index in [-0.39, 0.29) is 0 Å². The quantitative estimate of drug-likeness (QED) is 0.589. The second-order valence-electron chi connectivity index (χ2n) is 4.01. The summed E-state index contributed by atoms with van der Waals surface area (Å²) < 4.78 is 0. The van der Waals surface area contributed by atoms with E-state index in [0.717, 1.165) is 5.92 Å². The molecule has 2 N–H and O–H groups in total. The molecule has 0 bridgehead atoms. The number of rotatable bonds is 6. The van der Waals surface area contributed by atoms with Gasteiger partial charge in [0.15, 0.2) is 0 Å². The summed E-state index contributed by atoms with van der Waals surface area (Å²) in [4.78, 5) is 0. The molecule has 1 heteroatoms. The van der Waals surface area contributed by atoms with Gasteiger partial charge in [-0.2, -0.15) is 0 Å². The van der Waals surface area contributed by atoms with Crippen LogP contribution in [0.25, 0.3) is 0 Å². The van der Waals surface area contributed by atoms with Crippen molar-refractivity contribution in [3.63, 3.8) is 0 Å². The van der Waals surface area contributed by atoms with E-state index in [4.69, 9.17) is 5.73 Å². The van der Waals surface area contributed by atoms with E-state index in [0.29, 0.717) is 6.04 Å². The van der Waals surface area contributed by atoms with E-state index < -0.39 is 0 Å². The molecule has 0 saturated heterocycles. The van der Waals surface area contributed by atoms with Crippen LogP contribution in [0.4, 0.5) is 0 Å². The van der Waals surface area contributed by atoms with Crippen LogP contribution in [0.2, 0.25) is 0 Å². The highest BCUT2D eigenvalue weighted by Crippen LogP contribution is 2.09. The van der Waals surface area contributed by atoms with E-state index in [1.165, 1.54) is 32.1 Å². The fourth-order valence-electron chi connectivity index (χ4n) is 1.20. The van der Waals surface area contributed by atoms with Crippen molar-refractivity contribution in [2.45, 2.75) is 58.9 Å². The van der Waals surface area contributed by atoms with Gasteiger partial charge in [0.25, 0.3) is 0 Å². The van der Waals surface area contributed by atoms with Crippen LogP contribution >= 0.6 is 0 Å². The van der Waals surface area contributed by atoms with E-state index in [1.807, 2.05) is 0 Å². The number of unbranched alkanes of at least 4 members (excludes halogenated alkanes) is 2. The molecule has 0 heterocycles. The first-order chi connectivity index (χ1) is 5.13. The summed E-state index contributed by atoms with van der Waals surface area (Å²) in [6, 6.07) is 0.397. The Balaban J connectivity index is 2.91. The van der Waals surface area contributed by atoms with Gasteiger partial charge in [-0.05, 0) is 19.3 Å². The zero-order valence-electron chi connectivity index (χ0n) is 8.27. The highest BCUT2D eigenvalue weighted by atomic mass is 14.6. The van der Waals surface area contributed by atoms with Crippen molar-refractivity contribution in [3.05, 3.63) is 0 Å². The zero-order valence-corrected chi connectivity index (χ0v) is 8.27. The van der Waals surface area contributed by atoms with Crippen LogP contribution in [0.15, 0.2) is 0 Å². The molecule has 68 valence electrons. The largest absolute Gasteiger partial charge is 0.328 e. The highest BCUT2D eigenvalue weighted by molar-refractivity contribution is 4.54. The monoisotopic (exact) mass is 157 g/mol. The van der Waals surface area contributed by atoms with Crippen LogP contribution in [0.3, 0.4) is 0 Å². The maximum absolute atomic E-state index is 5.63. The van der Waals surface area contributed by atoms with Crippen LogP contribution in [0.1, 0.15) is 52.9 Å². The lowest BCUT2D eigenvalue weighted by molar-refractivity contribution is 0.506. The molecular formula is C10H23N. The molecule has 0 unspecified atom stereocenters. The van der Waals surface area contributed by atoms with Crippen LogP contribution in [0.5, 0.6) is 0 Å². The SMILES string of the molecule is CC(C)CCCCC[C@@H](C)N. The Morgan fingerprint density at radius 3 is 1.91 bits per heavy atom. The van der Waals surface area contributed by atoms with Gasteiger partial charge in [0.1, 0.15) is 0 Å². The molecule has 0 aromatic heterocycles. The summed E-state index contributed by atoms with van der Waals surface area (Å²) in [5.74, 6) is 0.866. The van der Waals surface area contributed by atoms with E-state index in [2.05, 4.69) is 20.8 Å². The van der Waals surface area contributed by atoms with Crippen molar-refractivity contribution in [2.75, 3.05) is 0 Å². The molecule has 0 aliphatic heterocycles. The Bertz CT molecular complexity index is 66.9. The Morgan fingerprint density at radius 1 is 0.909 bits per heavy atom. The Morgan fingerprint density at radius 2 is 1.45 bits per heavy atom. The number of nitrogens with two attached hydrogens (primary N) is 1. The second-order valence-corrected chi connectivity index (χ2v) is 4.01. The molecule has 0 amide bonds. The van der Waals surface area contributed by atoms with Crippen molar-refractivity contribution in [2.24, 2.45) is 11.7 Å². The minimum absolute atomic E-state index is 0.397. The summed E-state index contributed by atoms with van der Waals surface area (Å²) in [6.45, 7) is 6.65. The van der Waals surface area contributed by atoms with Gasteiger partial charge in [-0.15, -0.1) is 0 Å². The molecule has 0 spiro atoms.